The maximum Gasteiger partial charge on any atom is 0.148 e. The van der Waals surface area contributed by atoms with Crippen molar-refractivity contribution in [3.8, 4) is 5.75 Å². The number of nitrogens with zero attached hydrogens (tertiary/aromatic N) is 2. The molecule has 0 aliphatic heterocycles. The molecule has 1 heterocycles. The lowest BCUT2D eigenvalue weighted by atomic mass is 10.0. The van der Waals surface area contributed by atoms with Crippen LogP contribution in [-0.4, -0.2) is 9.55 Å². The topological polar surface area (TPSA) is 27.1 Å². The van der Waals surface area contributed by atoms with Crippen LogP contribution in [0, 0.1) is 6.92 Å². The summed E-state index contributed by atoms with van der Waals surface area (Å²) in [4.78, 5) is 4.85. The highest BCUT2D eigenvalue weighted by Gasteiger charge is 2.14. The zero-order valence-corrected chi connectivity index (χ0v) is 17.8. The normalized spacial score (nSPS) is 11.3. The van der Waals surface area contributed by atoms with E-state index in [2.05, 4.69) is 55.7 Å². The molecule has 4 rings (SSSR count). The standard InChI is InChI=1S/C25H25ClN2O/c1-17(2)21-12-11-18(3)13-24(21)29-16-25-27-22-9-4-5-10-23(22)28(25)15-19-7-6-8-20(26)14-19/h4-14,17H,15-16H2,1-3H3. The van der Waals surface area contributed by atoms with E-state index in [1.54, 1.807) is 0 Å². The van der Waals surface area contributed by atoms with Crippen molar-refractivity contribution in [3.05, 3.63) is 94.3 Å². The fourth-order valence-corrected chi connectivity index (χ4v) is 3.83. The average Bonchev–Trinajstić information content (AvgIpc) is 3.04. The Balaban J connectivity index is 1.68. The molecule has 0 spiro atoms. The second kappa shape index (κ2) is 8.30. The lowest BCUT2D eigenvalue weighted by Gasteiger charge is -2.16. The highest BCUT2D eigenvalue weighted by molar-refractivity contribution is 6.30. The minimum Gasteiger partial charge on any atom is -0.485 e. The van der Waals surface area contributed by atoms with Crippen molar-refractivity contribution in [3.63, 3.8) is 0 Å². The van der Waals surface area contributed by atoms with E-state index >= 15 is 0 Å². The highest BCUT2D eigenvalue weighted by Crippen LogP contribution is 2.29. The monoisotopic (exact) mass is 404 g/mol. The molecule has 0 radical (unpaired) electrons. The Morgan fingerprint density at radius 1 is 1.00 bits per heavy atom. The van der Waals surface area contributed by atoms with Gasteiger partial charge in [0.2, 0.25) is 0 Å². The molecule has 0 amide bonds. The Morgan fingerprint density at radius 2 is 1.83 bits per heavy atom. The Bertz CT molecular complexity index is 1150. The molecular formula is C25H25ClN2O. The van der Waals surface area contributed by atoms with Gasteiger partial charge in [0.15, 0.2) is 0 Å². The van der Waals surface area contributed by atoms with Gasteiger partial charge < -0.3 is 9.30 Å². The Kier molecular flexibility index (Phi) is 5.59. The van der Waals surface area contributed by atoms with Gasteiger partial charge in [0.25, 0.3) is 0 Å². The number of halogens is 1. The summed E-state index contributed by atoms with van der Waals surface area (Å²) in [5.41, 5.74) is 5.62. The van der Waals surface area contributed by atoms with E-state index in [1.165, 1.54) is 11.1 Å². The number of hydrogen-bond acceptors (Lipinski definition) is 2. The van der Waals surface area contributed by atoms with Gasteiger partial charge in [-0.15, -0.1) is 0 Å². The van der Waals surface area contributed by atoms with Crippen LogP contribution in [0.4, 0.5) is 0 Å². The van der Waals surface area contributed by atoms with E-state index in [4.69, 9.17) is 21.3 Å². The summed E-state index contributed by atoms with van der Waals surface area (Å²) >= 11 is 6.20. The molecule has 4 aromatic rings. The lowest BCUT2D eigenvalue weighted by Crippen LogP contribution is -2.09. The predicted octanol–water partition coefficient (Wildman–Crippen LogP) is 6.75. The summed E-state index contributed by atoms with van der Waals surface area (Å²) in [6, 6.07) is 22.6. The largest absolute Gasteiger partial charge is 0.485 e. The second-order valence-corrected chi connectivity index (χ2v) is 8.15. The maximum absolute atomic E-state index is 6.29. The van der Waals surface area contributed by atoms with Crippen LogP contribution in [0.25, 0.3) is 11.0 Å². The number of rotatable bonds is 6. The van der Waals surface area contributed by atoms with Crippen molar-refractivity contribution >= 4 is 22.6 Å². The van der Waals surface area contributed by atoms with Crippen LogP contribution in [0.15, 0.2) is 66.7 Å². The van der Waals surface area contributed by atoms with Crippen molar-refractivity contribution in [1.82, 2.24) is 9.55 Å². The first-order valence-electron chi connectivity index (χ1n) is 9.93. The van der Waals surface area contributed by atoms with Crippen LogP contribution in [0.1, 0.15) is 42.3 Å². The summed E-state index contributed by atoms with van der Waals surface area (Å²) in [7, 11) is 0. The van der Waals surface area contributed by atoms with Gasteiger partial charge in [0.1, 0.15) is 18.2 Å². The van der Waals surface area contributed by atoms with Crippen LogP contribution in [-0.2, 0) is 13.2 Å². The van der Waals surface area contributed by atoms with Crippen LogP contribution in [0.2, 0.25) is 5.02 Å². The van der Waals surface area contributed by atoms with Gasteiger partial charge in [-0.25, -0.2) is 4.98 Å². The fraction of sp³-hybridized carbons (Fsp3) is 0.240. The van der Waals surface area contributed by atoms with Gasteiger partial charge in [-0.05, 0) is 59.9 Å². The number of imidazole rings is 1. The molecule has 0 saturated heterocycles. The molecule has 0 aliphatic carbocycles. The molecule has 3 aromatic carbocycles. The van der Waals surface area contributed by atoms with Crippen molar-refractivity contribution in [1.29, 1.82) is 0 Å². The molecule has 1 aromatic heterocycles. The minimum absolute atomic E-state index is 0.399. The van der Waals surface area contributed by atoms with Crippen LogP contribution in [0.5, 0.6) is 5.75 Å². The van der Waals surface area contributed by atoms with Gasteiger partial charge in [0.05, 0.1) is 11.0 Å². The molecular weight excluding hydrogens is 380 g/mol. The average molecular weight is 405 g/mol. The van der Waals surface area contributed by atoms with Gasteiger partial charge >= 0.3 is 0 Å². The van der Waals surface area contributed by atoms with Gasteiger partial charge in [-0.3, -0.25) is 0 Å². The first-order chi connectivity index (χ1) is 14.0. The Hall–Kier alpha value is -2.78. The van der Waals surface area contributed by atoms with Gasteiger partial charge in [-0.2, -0.15) is 0 Å². The first-order valence-corrected chi connectivity index (χ1v) is 10.3. The summed E-state index contributed by atoms with van der Waals surface area (Å²) in [5.74, 6) is 2.24. The van der Waals surface area contributed by atoms with Crippen molar-refractivity contribution in [2.24, 2.45) is 0 Å². The van der Waals surface area contributed by atoms with E-state index in [0.717, 1.165) is 33.2 Å². The number of benzene rings is 3. The zero-order valence-electron chi connectivity index (χ0n) is 17.0. The maximum atomic E-state index is 6.29. The number of para-hydroxylation sites is 2. The number of hydrogen-bond donors (Lipinski definition) is 0. The molecule has 4 heteroatoms. The molecule has 148 valence electrons. The number of fused-ring (bicyclic) bond motifs is 1. The number of aryl methyl sites for hydroxylation is 1. The molecule has 0 aliphatic rings. The highest BCUT2D eigenvalue weighted by atomic mass is 35.5. The Morgan fingerprint density at radius 3 is 2.62 bits per heavy atom. The summed E-state index contributed by atoms with van der Waals surface area (Å²) in [6.45, 7) is 7.58. The van der Waals surface area contributed by atoms with Crippen molar-refractivity contribution < 1.29 is 4.74 Å². The SMILES string of the molecule is Cc1ccc(C(C)C)c(OCc2nc3ccccc3n2Cc2cccc(Cl)c2)c1. The third kappa shape index (κ3) is 4.30. The lowest BCUT2D eigenvalue weighted by molar-refractivity contribution is 0.287. The zero-order chi connectivity index (χ0) is 20.4. The van der Waals surface area contributed by atoms with Crippen LogP contribution < -0.4 is 4.74 Å². The van der Waals surface area contributed by atoms with E-state index in [1.807, 2.05) is 36.4 Å². The molecule has 0 atom stereocenters. The van der Waals surface area contributed by atoms with Crippen LogP contribution >= 0.6 is 11.6 Å². The van der Waals surface area contributed by atoms with Crippen LogP contribution in [0.3, 0.4) is 0 Å². The second-order valence-electron chi connectivity index (χ2n) is 7.72. The number of aromatic nitrogens is 2. The molecule has 0 N–H and O–H groups in total. The van der Waals surface area contributed by atoms with E-state index in [0.29, 0.717) is 19.1 Å². The first kappa shape index (κ1) is 19.5. The van der Waals surface area contributed by atoms with Crippen molar-refractivity contribution in [2.75, 3.05) is 0 Å². The summed E-state index contributed by atoms with van der Waals surface area (Å²) < 4.78 is 8.50. The molecule has 0 unspecified atom stereocenters. The van der Waals surface area contributed by atoms with Gasteiger partial charge in [0, 0.05) is 11.6 Å². The van der Waals surface area contributed by atoms with E-state index in [-0.39, 0.29) is 0 Å². The van der Waals surface area contributed by atoms with Crippen molar-refractivity contribution in [2.45, 2.75) is 39.8 Å². The van der Waals surface area contributed by atoms with E-state index in [9.17, 15) is 0 Å². The smallest absolute Gasteiger partial charge is 0.148 e. The van der Waals surface area contributed by atoms with Gasteiger partial charge in [-0.1, -0.05) is 61.8 Å². The number of ether oxygens (including phenoxy) is 1. The third-order valence-corrected chi connectivity index (χ3v) is 5.35. The fourth-order valence-electron chi connectivity index (χ4n) is 3.62. The molecule has 3 nitrogen and oxygen atoms in total. The third-order valence-electron chi connectivity index (χ3n) is 5.11. The van der Waals surface area contributed by atoms with E-state index < -0.39 is 0 Å². The predicted molar refractivity (Wildman–Crippen MR) is 120 cm³/mol. The summed E-state index contributed by atoms with van der Waals surface area (Å²) in [5, 5.41) is 0.742. The molecule has 0 saturated carbocycles. The quantitative estimate of drug-likeness (QED) is 0.355. The minimum atomic E-state index is 0.399. The molecule has 0 bridgehead atoms. The molecule has 29 heavy (non-hydrogen) atoms. The summed E-state index contributed by atoms with van der Waals surface area (Å²) in [6.07, 6.45) is 0. The molecule has 0 fully saturated rings. The Labute approximate surface area is 176 Å².